The number of carbonyl (C=O) groups is 1. The van der Waals surface area contributed by atoms with E-state index in [0.717, 1.165) is 18.4 Å². The van der Waals surface area contributed by atoms with E-state index in [1.54, 1.807) is 18.2 Å². The van der Waals surface area contributed by atoms with Gasteiger partial charge in [-0.05, 0) is 36.6 Å². The number of aliphatic hydroxyl groups is 1. The number of hydrogen-bond donors (Lipinski definition) is 1. The molecule has 0 unspecified atom stereocenters. The second-order valence-corrected chi connectivity index (χ2v) is 5.13. The second-order valence-electron chi connectivity index (χ2n) is 4.72. The van der Waals surface area contributed by atoms with Crippen LogP contribution in [0.4, 0.5) is 0 Å². The van der Waals surface area contributed by atoms with Crippen molar-refractivity contribution >= 4 is 17.6 Å². The van der Waals surface area contributed by atoms with E-state index in [0.29, 0.717) is 29.7 Å². The molecule has 4 nitrogen and oxygen atoms in total. The molecule has 0 radical (unpaired) electrons. The van der Waals surface area contributed by atoms with Crippen LogP contribution in [0.15, 0.2) is 18.2 Å². The summed E-state index contributed by atoms with van der Waals surface area (Å²) in [5, 5.41) is 9.73. The van der Waals surface area contributed by atoms with Gasteiger partial charge in [0.15, 0.2) is 0 Å². The molecule has 1 aliphatic rings. The van der Waals surface area contributed by atoms with E-state index in [1.165, 1.54) is 7.11 Å². The molecule has 1 N–H and O–H groups in total. The van der Waals surface area contributed by atoms with Crippen LogP contribution >= 0.6 is 11.6 Å². The molecule has 19 heavy (non-hydrogen) atoms. The van der Waals surface area contributed by atoms with E-state index in [2.05, 4.69) is 4.90 Å². The molecule has 1 saturated carbocycles. The molecule has 104 valence electrons. The first-order chi connectivity index (χ1) is 9.15. The van der Waals surface area contributed by atoms with Gasteiger partial charge in [0.1, 0.15) is 0 Å². The summed E-state index contributed by atoms with van der Waals surface area (Å²) in [7, 11) is 1.36. The van der Waals surface area contributed by atoms with Gasteiger partial charge < -0.3 is 9.84 Å². The van der Waals surface area contributed by atoms with Gasteiger partial charge in [0.05, 0.1) is 19.3 Å². The molecule has 0 heterocycles. The molecule has 2 rings (SSSR count). The van der Waals surface area contributed by atoms with Gasteiger partial charge in [0.25, 0.3) is 0 Å². The number of methoxy groups -OCH3 is 1. The molecule has 1 aromatic rings. The van der Waals surface area contributed by atoms with Crippen molar-refractivity contribution in [2.24, 2.45) is 0 Å². The minimum atomic E-state index is -0.363. The van der Waals surface area contributed by atoms with Gasteiger partial charge in [-0.1, -0.05) is 11.6 Å². The molecule has 0 aliphatic heterocycles. The van der Waals surface area contributed by atoms with Gasteiger partial charge in [-0.25, -0.2) is 4.79 Å². The molecule has 1 aliphatic carbocycles. The van der Waals surface area contributed by atoms with Gasteiger partial charge in [-0.3, -0.25) is 4.90 Å². The Bertz CT molecular complexity index is 460. The molecule has 1 aromatic carbocycles. The first kappa shape index (κ1) is 14.3. The maximum Gasteiger partial charge on any atom is 0.337 e. The Labute approximate surface area is 117 Å². The summed E-state index contributed by atoms with van der Waals surface area (Å²) in [5.74, 6) is -0.363. The number of benzene rings is 1. The van der Waals surface area contributed by atoms with E-state index in [9.17, 15) is 4.79 Å². The Kier molecular flexibility index (Phi) is 4.80. The average molecular weight is 284 g/mol. The standard InChI is InChI=1S/C14H18ClNO3/c1-19-14(18)10-2-5-13(15)11(8-10)9-16(6-7-17)12-3-4-12/h2,5,8,12,17H,3-4,6-7,9H2,1H3. The molecule has 0 atom stereocenters. The molecule has 0 amide bonds. The highest BCUT2D eigenvalue weighted by Gasteiger charge is 2.28. The number of nitrogens with zero attached hydrogens (tertiary/aromatic N) is 1. The van der Waals surface area contributed by atoms with Crippen molar-refractivity contribution in [2.45, 2.75) is 25.4 Å². The van der Waals surface area contributed by atoms with Crippen LogP contribution in [0.2, 0.25) is 5.02 Å². The minimum Gasteiger partial charge on any atom is -0.465 e. The Morgan fingerprint density at radius 2 is 2.26 bits per heavy atom. The summed E-state index contributed by atoms with van der Waals surface area (Å²) >= 11 is 6.17. The minimum absolute atomic E-state index is 0.130. The molecule has 0 saturated heterocycles. The van der Waals surface area contributed by atoms with Gasteiger partial charge in [-0.15, -0.1) is 0 Å². The fourth-order valence-corrected chi connectivity index (χ4v) is 2.30. The van der Waals surface area contributed by atoms with E-state index < -0.39 is 0 Å². The highest BCUT2D eigenvalue weighted by molar-refractivity contribution is 6.31. The number of ether oxygens (including phenoxy) is 1. The number of halogens is 1. The summed E-state index contributed by atoms with van der Waals surface area (Å²) in [6, 6.07) is 5.67. The highest BCUT2D eigenvalue weighted by atomic mass is 35.5. The first-order valence-electron chi connectivity index (χ1n) is 6.37. The molecular weight excluding hydrogens is 266 g/mol. The largest absolute Gasteiger partial charge is 0.465 e. The van der Waals surface area contributed by atoms with Crippen LogP contribution in [0.1, 0.15) is 28.8 Å². The SMILES string of the molecule is COC(=O)c1ccc(Cl)c(CN(CCO)C2CC2)c1. The van der Waals surface area contributed by atoms with Gasteiger partial charge in [0, 0.05) is 24.2 Å². The van der Waals surface area contributed by atoms with E-state index in [1.807, 2.05) is 0 Å². The Morgan fingerprint density at radius 3 is 2.84 bits per heavy atom. The van der Waals surface area contributed by atoms with Crippen molar-refractivity contribution in [2.75, 3.05) is 20.3 Å². The zero-order valence-electron chi connectivity index (χ0n) is 10.9. The van der Waals surface area contributed by atoms with Crippen LogP contribution in [0.25, 0.3) is 0 Å². The number of aliphatic hydroxyl groups excluding tert-OH is 1. The lowest BCUT2D eigenvalue weighted by molar-refractivity contribution is 0.0600. The third kappa shape index (κ3) is 3.69. The van der Waals surface area contributed by atoms with E-state index in [4.69, 9.17) is 21.4 Å². The average Bonchev–Trinajstić information content (AvgIpc) is 3.24. The van der Waals surface area contributed by atoms with Crippen LogP contribution in [0, 0.1) is 0 Å². The number of esters is 1. The third-order valence-electron chi connectivity index (χ3n) is 3.29. The van der Waals surface area contributed by atoms with Crippen molar-refractivity contribution in [1.29, 1.82) is 0 Å². The quantitative estimate of drug-likeness (QED) is 0.812. The predicted octanol–water partition coefficient (Wildman–Crippen LogP) is 2.08. The van der Waals surface area contributed by atoms with Crippen LogP contribution in [0.5, 0.6) is 0 Å². The van der Waals surface area contributed by atoms with Crippen molar-refractivity contribution in [1.82, 2.24) is 4.90 Å². The second kappa shape index (κ2) is 6.37. The molecule has 0 bridgehead atoms. The lowest BCUT2D eigenvalue weighted by Crippen LogP contribution is -2.28. The fourth-order valence-electron chi connectivity index (χ4n) is 2.12. The normalized spacial score (nSPS) is 14.7. The predicted molar refractivity (Wildman–Crippen MR) is 73.3 cm³/mol. The topological polar surface area (TPSA) is 49.8 Å². The van der Waals surface area contributed by atoms with Crippen LogP contribution in [-0.2, 0) is 11.3 Å². The number of hydrogen-bond acceptors (Lipinski definition) is 4. The Balaban J connectivity index is 2.15. The maximum atomic E-state index is 11.5. The number of rotatable bonds is 6. The molecule has 0 spiro atoms. The van der Waals surface area contributed by atoms with E-state index in [-0.39, 0.29) is 12.6 Å². The zero-order valence-corrected chi connectivity index (χ0v) is 11.7. The molecular formula is C14H18ClNO3. The number of carbonyl (C=O) groups excluding carboxylic acids is 1. The molecule has 1 fully saturated rings. The lowest BCUT2D eigenvalue weighted by Gasteiger charge is -2.21. The van der Waals surface area contributed by atoms with Crippen LogP contribution in [0.3, 0.4) is 0 Å². The first-order valence-corrected chi connectivity index (χ1v) is 6.75. The maximum absolute atomic E-state index is 11.5. The van der Waals surface area contributed by atoms with Gasteiger partial charge in [-0.2, -0.15) is 0 Å². The Hall–Kier alpha value is -1.10. The molecule has 0 aromatic heterocycles. The summed E-state index contributed by atoms with van der Waals surface area (Å²) in [6.07, 6.45) is 2.32. The summed E-state index contributed by atoms with van der Waals surface area (Å²) < 4.78 is 4.71. The fraction of sp³-hybridized carbons (Fsp3) is 0.500. The summed E-state index contributed by atoms with van der Waals surface area (Å²) in [6.45, 7) is 1.41. The lowest BCUT2D eigenvalue weighted by atomic mass is 10.1. The van der Waals surface area contributed by atoms with Gasteiger partial charge >= 0.3 is 5.97 Å². The van der Waals surface area contributed by atoms with Crippen molar-refractivity contribution < 1.29 is 14.6 Å². The molecule has 5 heteroatoms. The third-order valence-corrected chi connectivity index (χ3v) is 3.66. The van der Waals surface area contributed by atoms with Crippen molar-refractivity contribution in [3.8, 4) is 0 Å². The van der Waals surface area contributed by atoms with Crippen molar-refractivity contribution in [3.63, 3.8) is 0 Å². The van der Waals surface area contributed by atoms with Crippen LogP contribution in [-0.4, -0.2) is 42.3 Å². The smallest absolute Gasteiger partial charge is 0.337 e. The zero-order chi connectivity index (χ0) is 13.8. The Morgan fingerprint density at radius 1 is 1.53 bits per heavy atom. The van der Waals surface area contributed by atoms with Crippen LogP contribution < -0.4 is 0 Å². The van der Waals surface area contributed by atoms with Crippen molar-refractivity contribution in [3.05, 3.63) is 34.3 Å². The van der Waals surface area contributed by atoms with E-state index >= 15 is 0 Å². The summed E-state index contributed by atoms with van der Waals surface area (Å²) in [5.41, 5.74) is 1.39. The summed E-state index contributed by atoms with van der Waals surface area (Å²) in [4.78, 5) is 13.7. The monoisotopic (exact) mass is 283 g/mol. The van der Waals surface area contributed by atoms with Gasteiger partial charge in [0.2, 0.25) is 0 Å². The highest BCUT2D eigenvalue weighted by Crippen LogP contribution is 2.29.